The van der Waals surface area contributed by atoms with Gasteiger partial charge in [0.15, 0.2) is 12.6 Å². The van der Waals surface area contributed by atoms with E-state index in [0.29, 0.717) is 18.3 Å². The first-order valence-corrected chi connectivity index (χ1v) is 20.9. The number of hydrogen-bond donors (Lipinski definition) is 8. The summed E-state index contributed by atoms with van der Waals surface area (Å²) in [6, 6.07) is 0. The number of rotatable bonds is 8. The van der Waals surface area contributed by atoms with E-state index in [4.69, 9.17) is 18.9 Å². The third kappa shape index (κ3) is 6.15. The fraction of sp³-hybridized carbons (Fsp3) is 0.929. The van der Waals surface area contributed by atoms with Crippen LogP contribution in [0.25, 0.3) is 0 Å². The van der Waals surface area contributed by atoms with Crippen LogP contribution in [-0.2, 0) is 23.7 Å². The highest BCUT2D eigenvalue weighted by Crippen LogP contribution is 2.77. The first-order valence-electron chi connectivity index (χ1n) is 20.9. The van der Waals surface area contributed by atoms with Gasteiger partial charge in [0.1, 0.15) is 48.8 Å². The zero-order valence-electron chi connectivity index (χ0n) is 33.5. The van der Waals surface area contributed by atoms with Crippen molar-refractivity contribution in [3.8, 4) is 0 Å². The highest BCUT2D eigenvalue weighted by molar-refractivity contribution is 5.76. The molecule has 5 aliphatic carbocycles. The summed E-state index contributed by atoms with van der Waals surface area (Å²) in [4.78, 5) is 13.0. The number of carboxylic acids is 1. The molecular weight excluding hydrogens is 712 g/mol. The van der Waals surface area contributed by atoms with Crippen LogP contribution in [0.5, 0.6) is 0 Å². The molecule has 5 saturated carbocycles. The van der Waals surface area contributed by atoms with Gasteiger partial charge in [0.25, 0.3) is 0 Å². The number of aliphatic hydroxyl groups excluding tert-OH is 7. The van der Waals surface area contributed by atoms with Gasteiger partial charge >= 0.3 is 5.97 Å². The maximum atomic E-state index is 13.0. The van der Waals surface area contributed by atoms with Crippen LogP contribution in [0, 0.1) is 56.7 Å². The van der Waals surface area contributed by atoms with E-state index in [0.717, 1.165) is 63.4 Å². The van der Waals surface area contributed by atoms with Crippen molar-refractivity contribution in [1.82, 2.24) is 0 Å². The Hall–Kier alpha value is -1.23. The van der Waals surface area contributed by atoms with Crippen molar-refractivity contribution in [1.29, 1.82) is 0 Å². The Kier molecular flexibility index (Phi) is 11.0. The van der Waals surface area contributed by atoms with Gasteiger partial charge in [0, 0.05) is 0 Å². The fourth-order valence-corrected chi connectivity index (χ4v) is 14.5. The molecule has 0 bridgehead atoms. The van der Waals surface area contributed by atoms with E-state index in [1.165, 1.54) is 0 Å². The molecule has 0 spiro atoms. The molecule has 7 fully saturated rings. The molecule has 0 radical (unpaired) electrons. The highest BCUT2D eigenvalue weighted by atomic mass is 16.7. The number of carboxylic acid groups (broad SMARTS) is 1. The monoisotopic (exact) mass is 780 g/mol. The second-order valence-electron chi connectivity index (χ2n) is 20.2. The molecule has 20 atom stereocenters. The van der Waals surface area contributed by atoms with E-state index in [-0.39, 0.29) is 45.5 Å². The predicted octanol–water partition coefficient (Wildman–Crippen LogP) is 2.74. The number of carbonyl (C=O) groups is 1. The summed E-state index contributed by atoms with van der Waals surface area (Å²) in [5, 5.41) is 83.8. The van der Waals surface area contributed by atoms with Crippen molar-refractivity contribution in [2.45, 2.75) is 173 Å². The van der Waals surface area contributed by atoms with Gasteiger partial charge in [0.2, 0.25) is 0 Å². The van der Waals surface area contributed by atoms with Gasteiger partial charge in [-0.15, -0.1) is 0 Å². The maximum Gasteiger partial charge on any atom is 0.309 e. The Morgan fingerprint density at radius 2 is 1.35 bits per heavy atom. The number of allylic oxidation sites excluding steroid dienone is 1. The zero-order valence-corrected chi connectivity index (χ0v) is 33.5. The van der Waals surface area contributed by atoms with Crippen molar-refractivity contribution in [3.05, 3.63) is 12.2 Å². The predicted molar refractivity (Wildman–Crippen MR) is 198 cm³/mol. The lowest BCUT2D eigenvalue weighted by molar-refractivity contribution is -0.346. The summed E-state index contributed by atoms with van der Waals surface area (Å²) in [6.45, 7) is 17.4. The summed E-state index contributed by atoms with van der Waals surface area (Å²) in [6.07, 6.45) is -6.02. The van der Waals surface area contributed by atoms with Gasteiger partial charge in [-0.25, -0.2) is 0 Å². The average molecular weight is 781 g/mol. The Morgan fingerprint density at radius 1 is 0.709 bits per heavy atom. The first-order chi connectivity index (χ1) is 25.7. The molecule has 0 aromatic rings. The standard InChI is InChI=1S/C42H68O13/c1-20(2)21-10-15-42(37(50)51)17-16-40(6)22(28(21)42)8-9-26-39(5)13-12-27(38(3,4)25(39)11-14-41(26,40)7)55-36-34(49)32(47)30(45)24(54-36)19-52-35-33(48)31(46)29(44)23(18-43)53-35/h21-36,43-49H,1,8-19H2,2-7H3,(H,50,51)/t21-,22+,23+,24+,25-,26+,27-,28+,29+,30+,31-,32-,33+,34+,35+,36-,39-,40+,41+,42-/m0/s1. The lowest BCUT2D eigenvalue weighted by Gasteiger charge is -2.73. The second kappa shape index (κ2) is 14.5. The minimum absolute atomic E-state index is 0.00136. The largest absolute Gasteiger partial charge is 0.481 e. The SMILES string of the molecule is C=C(C)[C@@H]1CC[C@]2(C(=O)O)CC[C@]3(C)[C@H](CC[C@@H]4[C@@]5(C)CC[C@H](O[C@@H]6O[C@H](CO[C@@H]7O[C@H](CO)[C@@H](O)[C@H](O)[C@H]7O)[C@@H](O)[C@H](O)[C@H]6O)C(C)(C)[C@@H]5CC[C@]43C)[C@@H]12. The number of aliphatic carboxylic acids is 1. The summed E-state index contributed by atoms with van der Waals surface area (Å²) in [5.74, 6) is 0.810. The highest BCUT2D eigenvalue weighted by Gasteiger charge is 2.72. The summed E-state index contributed by atoms with van der Waals surface area (Å²) in [5.41, 5.74) is 0.165. The smallest absolute Gasteiger partial charge is 0.309 e. The minimum atomic E-state index is -1.65. The molecule has 2 aliphatic heterocycles. The number of fused-ring (bicyclic) bond motifs is 7. The lowest BCUT2D eigenvalue weighted by atomic mass is 9.32. The number of aliphatic hydroxyl groups is 7. The van der Waals surface area contributed by atoms with E-state index in [1.54, 1.807) is 0 Å². The van der Waals surface area contributed by atoms with Crippen LogP contribution in [0.3, 0.4) is 0 Å². The molecule has 2 heterocycles. The van der Waals surface area contributed by atoms with Gasteiger partial charge < -0.3 is 59.8 Å². The van der Waals surface area contributed by atoms with Crippen LogP contribution in [0.15, 0.2) is 12.2 Å². The maximum absolute atomic E-state index is 13.0. The number of ether oxygens (including phenoxy) is 4. The van der Waals surface area contributed by atoms with Crippen molar-refractivity contribution in [2.75, 3.05) is 13.2 Å². The molecule has 13 heteroatoms. The van der Waals surface area contributed by atoms with Gasteiger partial charge in [-0.1, -0.05) is 46.8 Å². The molecule has 8 N–H and O–H groups in total. The molecule has 7 rings (SSSR count). The molecule has 0 amide bonds. The van der Waals surface area contributed by atoms with Crippen LogP contribution in [0.4, 0.5) is 0 Å². The molecule has 2 saturated heterocycles. The zero-order chi connectivity index (χ0) is 40.2. The third-order valence-corrected chi connectivity index (χ3v) is 17.7. The van der Waals surface area contributed by atoms with Crippen molar-refractivity contribution < 1.29 is 64.6 Å². The Balaban J connectivity index is 1.07. The van der Waals surface area contributed by atoms with Gasteiger partial charge in [-0.05, 0) is 122 Å². The van der Waals surface area contributed by atoms with Crippen LogP contribution < -0.4 is 0 Å². The Bertz CT molecular complexity index is 1460. The summed E-state index contributed by atoms with van der Waals surface area (Å²) >= 11 is 0. The molecule has 0 unspecified atom stereocenters. The fourth-order valence-electron chi connectivity index (χ4n) is 14.5. The number of hydrogen-bond acceptors (Lipinski definition) is 12. The van der Waals surface area contributed by atoms with Crippen LogP contribution in [-0.4, -0.2) is 128 Å². The normalized spacial score (nSPS) is 54.7. The molecular formula is C42H68O13. The lowest BCUT2D eigenvalue weighted by Crippen LogP contribution is -2.67. The Labute approximate surface area is 325 Å². The van der Waals surface area contributed by atoms with Crippen LogP contribution in [0.2, 0.25) is 0 Å². The molecule has 55 heavy (non-hydrogen) atoms. The second-order valence-corrected chi connectivity index (χ2v) is 20.2. The van der Waals surface area contributed by atoms with E-state index >= 15 is 0 Å². The van der Waals surface area contributed by atoms with Crippen LogP contribution in [0.1, 0.15) is 106 Å². The van der Waals surface area contributed by atoms with Gasteiger partial charge in [0.05, 0.1) is 24.7 Å². The quantitative estimate of drug-likeness (QED) is 0.132. The average Bonchev–Trinajstić information content (AvgIpc) is 3.54. The first kappa shape index (κ1) is 41.9. The molecule has 314 valence electrons. The van der Waals surface area contributed by atoms with Crippen molar-refractivity contribution in [2.24, 2.45) is 56.7 Å². The van der Waals surface area contributed by atoms with Crippen molar-refractivity contribution >= 4 is 5.97 Å². The summed E-state index contributed by atoms with van der Waals surface area (Å²) in [7, 11) is 0. The molecule has 13 nitrogen and oxygen atoms in total. The summed E-state index contributed by atoms with van der Waals surface area (Å²) < 4.78 is 23.8. The van der Waals surface area contributed by atoms with E-state index in [9.17, 15) is 45.6 Å². The van der Waals surface area contributed by atoms with Crippen molar-refractivity contribution in [3.63, 3.8) is 0 Å². The van der Waals surface area contributed by atoms with Gasteiger partial charge in [-0.3, -0.25) is 4.79 Å². The topological polar surface area (TPSA) is 216 Å². The van der Waals surface area contributed by atoms with Crippen LogP contribution >= 0.6 is 0 Å². The minimum Gasteiger partial charge on any atom is -0.481 e. The molecule has 0 aromatic heterocycles. The van der Waals surface area contributed by atoms with E-state index in [1.807, 2.05) is 0 Å². The third-order valence-electron chi connectivity index (χ3n) is 17.7. The Morgan fingerprint density at radius 3 is 1.98 bits per heavy atom. The molecule has 7 aliphatic rings. The molecule has 0 aromatic carbocycles. The van der Waals surface area contributed by atoms with E-state index < -0.39 is 86.0 Å². The van der Waals surface area contributed by atoms with E-state index in [2.05, 4.69) is 48.1 Å². The van der Waals surface area contributed by atoms with Gasteiger partial charge in [-0.2, -0.15) is 0 Å².